The van der Waals surface area contributed by atoms with Crippen LogP contribution in [0.25, 0.3) is 0 Å². The van der Waals surface area contributed by atoms with Crippen molar-refractivity contribution in [2.75, 3.05) is 13.1 Å². The highest BCUT2D eigenvalue weighted by Gasteiger charge is 2.39. The molecule has 3 aliphatic rings. The average molecular weight is 532 g/mol. The van der Waals surface area contributed by atoms with Gasteiger partial charge in [-0.1, -0.05) is 36.9 Å². The van der Waals surface area contributed by atoms with Crippen molar-refractivity contribution in [2.45, 2.75) is 77.2 Å². The lowest BCUT2D eigenvalue weighted by Gasteiger charge is -2.33. The second kappa shape index (κ2) is 10.8. The zero-order valence-corrected chi connectivity index (χ0v) is 23.0. The molecule has 3 heterocycles. The number of rotatable bonds is 5. The molecule has 2 aromatic carbocycles. The molecule has 1 unspecified atom stereocenters. The maximum atomic E-state index is 13.1. The number of nitrogens with zero attached hydrogens (tertiary/aromatic N) is 2. The molecule has 2 fully saturated rings. The summed E-state index contributed by atoms with van der Waals surface area (Å²) in [6.07, 6.45) is 2.82. The number of carbonyl (C=O) groups excluding carboxylic acids is 3. The van der Waals surface area contributed by atoms with Crippen LogP contribution in [0.1, 0.15) is 79.4 Å². The lowest BCUT2D eigenvalue weighted by atomic mass is 9.89. The minimum atomic E-state index is -0.494. The molecule has 0 aromatic heterocycles. The fourth-order valence-electron chi connectivity index (χ4n) is 5.54. The molecule has 8 nitrogen and oxygen atoms in total. The van der Waals surface area contributed by atoms with Gasteiger partial charge in [0, 0.05) is 29.9 Å². The van der Waals surface area contributed by atoms with E-state index in [0.29, 0.717) is 62.0 Å². The van der Waals surface area contributed by atoms with Gasteiger partial charge in [-0.3, -0.25) is 9.59 Å². The average Bonchev–Trinajstić information content (AvgIpc) is 3.23. The largest absolute Gasteiger partial charge is 0.489 e. The van der Waals surface area contributed by atoms with Crippen LogP contribution < -0.4 is 10.1 Å². The summed E-state index contributed by atoms with van der Waals surface area (Å²) in [5.41, 5.74) is 3.93. The molecule has 0 saturated carbocycles. The fourth-order valence-corrected chi connectivity index (χ4v) is 5.54. The maximum absolute atomic E-state index is 13.1. The van der Waals surface area contributed by atoms with Crippen molar-refractivity contribution in [3.8, 4) is 5.75 Å². The second-order valence-electron chi connectivity index (χ2n) is 11.6. The summed E-state index contributed by atoms with van der Waals surface area (Å²) in [6.45, 7) is 11.6. The number of carbonyl (C=O) groups is 3. The highest BCUT2D eigenvalue weighted by molar-refractivity contribution is 6.02. The Morgan fingerprint density at radius 2 is 1.77 bits per heavy atom. The smallest absolute Gasteiger partial charge is 0.410 e. The van der Waals surface area contributed by atoms with E-state index in [0.717, 1.165) is 24.0 Å². The van der Waals surface area contributed by atoms with Gasteiger partial charge in [0.2, 0.25) is 5.91 Å². The van der Waals surface area contributed by atoms with E-state index in [4.69, 9.17) is 9.47 Å². The van der Waals surface area contributed by atoms with Gasteiger partial charge < -0.3 is 24.6 Å². The lowest BCUT2D eigenvalue weighted by Crippen LogP contribution is -2.49. The number of piperidine rings is 2. The van der Waals surface area contributed by atoms with Crippen molar-refractivity contribution >= 4 is 17.9 Å². The van der Waals surface area contributed by atoms with E-state index in [1.807, 2.05) is 32.9 Å². The van der Waals surface area contributed by atoms with E-state index in [1.165, 1.54) is 5.56 Å². The van der Waals surface area contributed by atoms with Gasteiger partial charge in [0.1, 0.15) is 24.0 Å². The van der Waals surface area contributed by atoms with Crippen LogP contribution in [0.15, 0.2) is 54.7 Å². The molecule has 8 heteroatoms. The minimum Gasteiger partial charge on any atom is -0.489 e. The summed E-state index contributed by atoms with van der Waals surface area (Å²) in [6, 6.07) is 13.5. The van der Waals surface area contributed by atoms with Crippen LogP contribution in [-0.2, 0) is 22.7 Å². The molecule has 3 amide bonds. The van der Waals surface area contributed by atoms with Crippen molar-refractivity contribution in [2.24, 2.45) is 0 Å². The van der Waals surface area contributed by atoms with Crippen molar-refractivity contribution in [3.05, 3.63) is 77.0 Å². The first kappa shape index (κ1) is 26.8. The third-order valence-electron chi connectivity index (χ3n) is 7.64. The SMILES string of the molecule is C=C1CCC(N2Cc3c(OCc4ccc(C5CCN(C(=O)OC(C)(C)C)CC5)cc4)cccc3C2=O)C(=O)N1. The summed E-state index contributed by atoms with van der Waals surface area (Å²) in [7, 11) is 0. The maximum Gasteiger partial charge on any atom is 0.410 e. The third-order valence-corrected chi connectivity index (χ3v) is 7.64. The molecule has 0 aliphatic carbocycles. The summed E-state index contributed by atoms with van der Waals surface area (Å²) in [4.78, 5) is 41.4. The predicted molar refractivity (Wildman–Crippen MR) is 147 cm³/mol. The molecule has 2 aromatic rings. The Labute approximate surface area is 229 Å². The van der Waals surface area contributed by atoms with Gasteiger partial charge in [-0.25, -0.2) is 4.79 Å². The highest BCUT2D eigenvalue weighted by Crippen LogP contribution is 2.35. The van der Waals surface area contributed by atoms with E-state index in [2.05, 4.69) is 36.2 Å². The molecule has 1 N–H and O–H groups in total. The minimum absolute atomic E-state index is 0.134. The number of benzene rings is 2. The summed E-state index contributed by atoms with van der Waals surface area (Å²) >= 11 is 0. The normalized spacial score (nSPS) is 20.1. The van der Waals surface area contributed by atoms with E-state index in [1.54, 1.807) is 15.9 Å². The third kappa shape index (κ3) is 5.95. The molecule has 0 bridgehead atoms. The topological polar surface area (TPSA) is 88.2 Å². The van der Waals surface area contributed by atoms with E-state index in [9.17, 15) is 14.4 Å². The second-order valence-corrected chi connectivity index (χ2v) is 11.6. The van der Waals surface area contributed by atoms with E-state index >= 15 is 0 Å². The van der Waals surface area contributed by atoms with Crippen LogP contribution in [0, 0.1) is 0 Å². The molecule has 206 valence electrons. The number of likely N-dealkylation sites (tertiary alicyclic amines) is 1. The van der Waals surface area contributed by atoms with Crippen LogP contribution >= 0.6 is 0 Å². The zero-order valence-electron chi connectivity index (χ0n) is 23.0. The molecular formula is C31H37N3O5. The Morgan fingerprint density at radius 3 is 2.44 bits per heavy atom. The number of amides is 3. The highest BCUT2D eigenvalue weighted by atomic mass is 16.6. The van der Waals surface area contributed by atoms with Gasteiger partial charge in [0.15, 0.2) is 0 Å². The Balaban J connectivity index is 1.17. The van der Waals surface area contributed by atoms with Crippen molar-refractivity contribution in [3.63, 3.8) is 0 Å². The van der Waals surface area contributed by atoms with Crippen LogP contribution in [0.2, 0.25) is 0 Å². The Hall–Kier alpha value is -3.81. The Morgan fingerprint density at radius 1 is 1.05 bits per heavy atom. The van der Waals surface area contributed by atoms with Crippen molar-refractivity contribution in [1.29, 1.82) is 0 Å². The molecule has 0 radical (unpaired) electrons. The first-order chi connectivity index (χ1) is 18.6. The molecule has 5 rings (SSSR count). The van der Waals surface area contributed by atoms with Crippen LogP contribution in [0.5, 0.6) is 5.75 Å². The van der Waals surface area contributed by atoms with Crippen LogP contribution in [0.4, 0.5) is 4.79 Å². The fraction of sp³-hybridized carbons (Fsp3) is 0.452. The van der Waals surface area contributed by atoms with Gasteiger partial charge in [-0.15, -0.1) is 0 Å². The summed E-state index contributed by atoms with van der Waals surface area (Å²) in [5, 5.41) is 2.78. The number of hydrogen-bond donors (Lipinski definition) is 1. The first-order valence-electron chi connectivity index (χ1n) is 13.7. The quantitative estimate of drug-likeness (QED) is 0.578. The van der Waals surface area contributed by atoms with Gasteiger partial charge >= 0.3 is 6.09 Å². The summed E-state index contributed by atoms with van der Waals surface area (Å²) < 4.78 is 11.7. The lowest BCUT2D eigenvalue weighted by molar-refractivity contribution is -0.126. The Kier molecular flexibility index (Phi) is 7.38. The monoisotopic (exact) mass is 531 g/mol. The van der Waals surface area contributed by atoms with Gasteiger partial charge in [0.05, 0.1) is 6.54 Å². The van der Waals surface area contributed by atoms with E-state index in [-0.39, 0.29) is 17.9 Å². The summed E-state index contributed by atoms with van der Waals surface area (Å²) in [5.74, 6) is 0.764. The van der Waals surface area contributed by atoms with Crippen LogP contribution in [-0.4, -0.2) is 52.4 Å². The molecule has 39 heavy (non-hydrogen) atoms. The zero-order chi connectivity index (χ0) is 27.7. The molecular weight excluding hydrogens is 494 g/mol. The number of fused-ring (bicyclic) bond motifs is 1. The molecule has 1 atom stereocenters. The number of ether oxygens (including phenoxy) is 2. The van der Waals surface area contributed by atoms with Crippen LogP contribution in [0.3, 0.4) is 0 Å². The van der Waals surface area contributed by atoms with E-state index < -0.39 is 11.6 Å². The van der Waals surface area contributed by atoms with Gasteiger partial charge in [-0.05, 0) is 75.6 Å². The number of nitrogens with one attached hydrogen (secondary N) is 1. The van der Waals surface area contributed by atoms with Crippen molar-refractivity contribution in [1.82, 2.24) is 15.1 Å². The van der Waals surface area contributed by atoms with Gasteiger partial charge in [-0.2, -0.15) is 0 Å². The Bertz CT molecular complexity index is 1270. The number of hydrogen-bond acceptors (Lipinski definition) is 5. The first-order valence-corrected chi connectivity index (χ1v) is 13.7. The van der Waals surface area contributed by atoms with Crippen molar-refractivity contribution < 1.29 is 23.9 Å². The molecule has 0 spiro atoms. The molecule has 3 aliphatic heterocycles. The predicted octanol–water partition coefficient (Wildman–Crippen LogP) is 5.13. The number of allylic oxidation sites excluding steroid dienone is 1. The van der Waals surface area contributed by atoms with Gasteiger partial charge in [0.25, 0.3) is 5.91 Å². The standard InChI is InChI=1S/C31H37N3O5/c1-20-8-13-26(28(35)32-20)34-18-25-24(29(34)36)6-5-7-27(25)38-19-21-9-11-22(12-10-21)23-14-16-33(17-15-23)30(37)39-31(2,3)4/h5-7,9-12,23,26H,1,8,13-19H2,2-4H3,(H,32,35). The molecule has 2 saturated heterocycles.